The number of aromatic nitrogens is 2. The lowest BCUT2D eigenvalue weighted by Crippen LogP contribution is -2.11. The molecule has 2 heterocycles. The summed E-state index contributed by atoms with van der Waals surface area (Å²) in [6, 6.07) is 19.2. The maximum atomic E-state index is 11.3. The van der Waals surface area contributed by atoms with Crippen LogP contribution in [0.2, 0.25) is 0 Å². The van der Waals surface area contributed by atoms with Crippen molar-refractivity contribution in [3.05, 3.63) is 72.2 Å². The minimum atomic E-state index is -3.74. The number of H-pyrrole nitrogens is 1. The number of nitriles is 1. The van der Waals surface area contributed by atoms with Gasteiger partial charge in [0.1, 0.15) is 23.4 Å². The first-order valence-corrected chi connectivity index (χ1v) is 9.79. The Bertz CT molecular complexity index is 1310. The zero-order valence-corrected chi connectivity index (χ0v) is 15.3. The molecule has 0 aliphatic rings. The lowest BCUT2D eigenvalue weighted by molar-refractivity contribution is 0.571. The third-order valence-electron chi connectivity index (χ3n) is 4.15. The maximum absolute atomic E-state index is 11.3. The van der Waals surface area contributed by atoms with Gasteiger partial charge in [0.25, 0.3) is 0 Å². The SMILES string of the molecule is N#C/C(=C/c1ccc(-c2ccc(S(N)(=O)=O)cc2)o1)c1nc2ccccc2[nH]1. The molecule has 138 valence electrons. The van der Waals surface area contributed by atoms with Crippen LogP contribution >= 0.6 is 0 Å². The van der Waals surface area contributed by atoms with E-state index in [0.717, 1.165) is 11.0 Å². The maximum Gasteiger partial charge on any atom is 0.238 e. The molecule has 7 nitrogen and oxygen atoms in total. The number of imidazole rings is 1. The van der Waals surface area contributed by atoms with Gasteiger partial charge < -0.3 is 9.40 Å². The second-order valence-electron chi connectivity index (χ2n) is 6.04. The van der Waals surface area contributed by atoms with Crippen molar-refractivity contribution in [2.24, 2.45) is 5.14 Å². The lowest BCUT2D eigenvalue weighted by atomic mass is 10.2. The van der Waals surface area contributed by atoms with Gasteiger partial charge in [0, 0.05) is 11.6 Å². The fourth-order valence-electron chi connectivity index (χ4n) is 2.77. The van der Waals surface area contributed by atoms with Crippen molar-refractivity contribution < 1.29 is 12.8 Å². The van der Waals surface area contributed by atoms with Crippen LogP contribution in [0.25, 0.3) is 34.0 Å². The molecule has 0 aliphatic carbocycles. The number of allylic oxidation sites excluding steroid dienone is 1. The molecule has 0 aliphatic heterocycles. The van der Waals surface area contributed by atoms with E-state index in [9.17, 15) is 13.7 Å². The van der Waals surface area contributed by atoms with E-state index in [4.69, 9.17) is 9.56 Å². The Hall–Kier alpha value is -3.67. The number of benzene rings is 2. The number of nitrogens with zero attached hydrogens (tertiary/aromatic N) is 2. The number of furan rings is 1. The minimum Gasteiger partial charge on any atom is -0.457 e. The van der Waals surface area contributed by atoms with Crippen molar-refractivity contribution in [3.63, 3.8) is 0 Å². The van der Waals surface area contributed by atoms with Crippen LogP contribution in [-0.2, 0) is 10.0 Å². The molecule has 0 unspecified atom stereocenters. The molecule has 0 saturated carbocycles. The van der Waals surface area contributed by atoms with Crippen molar-refractivity contribution in [2.45, 2.75) is 4.90 Å². The molecule has 8 heteroatoms. The number of para-hydroxylation sites is 2. The molecule has 0 radical (unpaired) electrons. The second-order valence-corrected chi connectivity index (χ2v) is 7.61. The van der Waals surface area contributed by atoms with Crippen LogP contribution in [0.5, 0.6) is 0 Å². The molecule has 2 aromatic carbocycles. The fraction of sp³-hybridized carbons (Fsp3) is 0. The van der Waals surface area contributed by atoms with E-state index >= 15 is 0 Å². The van der Waals surface area contributed by atoms with Crippen LogP contribution in [-0.4, -0.2) is 18.4 Å². The molecule has 28 heavy (non-hydrogen) atoms. The number of nitrogens with two attached hydrogens (primary N) is 1. The highest BCUT2D eigenvalue weighted by Crippen LogP contribution is 2.26. The molecule has 4 rings (SSSR count). The Morgan fingerprint density at radius 2 is 1.86 bits per heavy atom. The fourth-order valence-corrected chi connectivity index (χ4v) is 3.29. The number of sulfonamides is 1. The molecular weight excluding hydrogens is 376 g/mol. The van der Waals surface area contributed by atoms with E-state index in [1.54, 1.807) is 30.3 Å². The summed E-state index contributed by atoms with van der Waals surface area (Å²) in [4.78, 5) is 7.56. The molecule has 2 aromatic heterocycles. The summed E-state index contributed by atoms with van der Waals surface area (Å²) in [6.07, 6.45) is 1.60. The quantitative estimate of drug-likeness (QED) is 0.516. The molecule has 0 saturated heterocycles. The Morgan fingerprint density at radius 1 is 1.11 bits per heavy atom. The summed E-state index contributed by atoms with van der Waals surface area (Å²) in [7, 11) is -3.74. The van der Waals surface area contributed by atoms with Crippen molar-refractivity contribution in [1.29, 1.82) is 5.26 Å². The van der Waals surface area contributed by atoms with E-state index in [2.05, 4.69) is 16.0 Å². The number of aromatic amines is 1. The summed E-state index contributed by atoms with van der Waals surface area (Å²) in [5.74, 6) is 1.47. The summed E-state index contributed by atoms with van der Waals surface area (Å²) in [6.45, 7) is 0. The topological polar surface area (TPSA) is 126 Å². The summed E-state index contributed by atoms with van der Waals surface area (Å²) < 4.78 is 28.5. The van der Waals surface area contributed by atoms with Gasteiger partial charge >= 0.3 is 0 Å². The van der Waals surface area contributed by atoms with Gasteiger partial charge in [-0.2, -0.15) is 5.26 Å². The zero-order chi connectivity index (χ0) is 19.7. The Morgan fingerprint density at radius 3 is 2.54 bits per heavy atom. The number of rotatable bonds is 4. The summed E-state index contributed by atoms with van der Waals surface area (Å²) in [5, 5.41) is 14.6. The van der Waals surface area contributed by atoms with E-state index in [1.807, 2.05) is 24.3 Å². The zero-order valence-electron chi connectivity index (χ0n) is 14.5. The predicted octanol–water partition coefficient (Wildman–Crippen LogP) is 3.53. The number of fused-ring (bicyclic) bond motifs is 1. The second kappa shape index (κ2) is 6.81. The molecule has 0 spiro atoms. The van der Waals surface area contributed by atoms with Crippen LogP contribution in [0, 0.1) is 11.3 Å². The monoisotopic (exact) mass is 390 g/mol. The van der Waals surface area contributed by atoms with Crippen LogP contribution in [0.4, 0.5) is 0 Å². The highest BCUT2D eigenvalue weighted by molar-refractivity contribution is 7.89. The van der Waals surface area contributed by atoms with Crippen molar-refractivity contribution in [2.75, 3.05) is 0 Å². The van der Waals surface area contributed by atoms with Gasteiger partial charge in [0.15, 0.2) is 0 Å². The van der Waals surface area contributed by atoms with Crippen LogP contribution in [0.15, 0.2) is 70.0 Å². The summed E-state index contributed by atoms with van der Waals surface area (Å²) in [5.41, 5.74) is 2.64. The van der Waals surface area contributed by atoms with Gasteiger partial charge in [-0.1, -0.05) is 12.1 Å². The standard InChI is InChI=1S/C20H14N4O3S/c21-12-14(20-23-17-3-1-2-4-18(17)24-20)11-15-7-10-19(27-15)13-5-8-16(9-6-13)28(22,25)26/h1-11H,(H,23,24)(H2,22,25,26)/b14-11-. The van der Waals surface area contributed by atoms with Crippen molar-refractivity contribution in [1.82, 2.24) is 9.97 Å². The number of nitrogens with one attached hydrogen (secondary N) is 1. The number of hydrogen-bond donors (Lipinski definition) is 2. The molecule has 0 amide bonds. The average Bonchev–Trinajstić information content (AvgIpc) is 3.32. The highest BCUT2D eigenvalue weighted by atomic mass is 32.2. The van der Waals surface area contributed by atoms with E-state index in [0.29, 0.717) is 28.5 Å². The molecule has 4 aromatic rings. The highest BCUT2D eigenvalue weighted by Gasteiger charge is 2.11. The molecule has 0 atom stereocenters. The number of primary sulfonamides is 1. The van der Waals surface area contributed by atoms with Gasteiger partial charge in [-0.25, -0.2) is 18.5 Å². The average molecular weight is 390 g/mol. The van der Waals surface area contributed by atoms with Crippen LogP contribution in [0.3, 0.4) is 0 Å². The van der Waals surface area contributed by atoms with Crippen molar-refractivity contribution in [3.8, 4) is 17.4 Å². The third-order valence-corrected chi connectivity index (χ3v) is 5.07. The first-order chi connectivity index (χ1) is 13.4. The lowest BCUT2D eigenvalue weighted by Gasteiger charge is -2.00. The Balaban J connectivity index is 1.65. The van der Waals surface area contributed by atoms with Gasteiger partial charge in [-0.05, 0) is 48.5 Å². The van der Waals surface area contributed by atoms with E-state index in [-0.39, 0.29) is 4.90 Å². The third kappa shape index (κ3) is 3.44. The molecule has 3 N–H and O–H groups in total. The van der Waals surface area contributed by atoms with E-state index < -0.39 is 10.0 Å². The van der Waals surface area contributed by atoms with Gasteiger partial charge in [0.2, 0.25) is 10.0 Å². The van der Waals surface area contributed by atoms with Crippen molar-refractivity contribution >= 4 is 32.7 Å². The van der Waals surface area contributed by atoms with Gasteiger partial charge in [-0.3, -0.25) is 0 Å². The normalized spacial score (nSPS) is 12.2. The minimum absolute atomic E-state index is 0.0274. The number of hydrogen-bond acceptors (Lipinski definition) is 5. The van der Waals surface area contributed by atoms with Crippen LogP contribution < -0.4 is 5.14 Å². The first-order valence-electron chi connectivity index (χ1n) is 8.24. The Labute approximate surface area is 160 Å². The molecule has 0 fully saturated rings. The smallest absolute Gasteiger partial charge is 0.238 e. The van der Waals surface area contributed by atoms with Gasteiger partial charge in [0.05, 0.1) is 21.5 Å². The Kier molecular flexibility index (Phi) is 4.31. The van der Waals surface area contributed by atoms with E-state index in [1.165, 1.54) is 12.1 Å². The summed E-state index contributed by atoms with van der Waals surface area (Å²) >= 11 is 0. The first kappa shape index (κ1) is 17.7. The largest absolute Gasteiger partial charge is 0.457 e. The van der Waals surface area contributed by atoms with Gasteiger partial charge in [-0.15, -0.1) is 0 Å². The molecule has 0 bridgehead atoms. The predicted molar refractivity (Wildman–Crippen MR) is 105 cm³/mol. The molecular formula is C20H14N4O3S. The van der Waals surface area contributed by atoms with Crippen LogP contribution in [0.1, 0.15) is 11.6 Å².